The molecule has 0 aliphatic rings. The monoisotopic (exact) mass is 423 g/mol. The van der Waals surface area contributed by atoms with Gasteiger partial charge in [-0.2, -0.15) is 0 Å². The summed E-state index contributed by atoms with van der Waals surface area (Å²) >= 11 is 1.41. The van der Waals surface area contributed by atoms with Crippen molar-refractivity contribution < 1.29 is 13.5 Å². The van der Waals surface area contributed by atoms with Crippen LogP contribution in [0.1, 0.15) is 11.7 Å². The summed E-state index contributed by atoms with van der Waals surface area (Å²) in [5, 5.41) is 17.2. The van der Waals surface area contributed by atoms with E-state index in [1.807, 2.05) is 34.9 Å². The molecule has 0 saturated carbocycles. The molecule has 7 nitrogen and oxygen atoms in total. The van der Waals surface area contributed by atoms with Crippen LogP contribution in [-0.2, 0) is 18.9 Å². The molecule has 2 aromatic carbocycles. The molecule has 2 aromatic heterocycles. The molecule has 0 spiro atoms. The summed E-state index contributed by atoms with van der Waals surface area (Å²) in [7, 11) is 0. The molecule has 0 radical (unpaired) electrons. The van der Waals surface area contributed by atoms with E-state index in [4.69, 9.17) is 9.15 Å². The quantitative estimate of drug-likeness (QED) is 0.289. The summed E-state index contributed by atoms with van der Waals surface area (Å²) in [6.07, 6.45) is 1.74. The number of nitrogens with zero attached hydrogens (tertiary/aromatic N) is 5. The van der Waals surface area contributed by atoms with Gasteiger partial charge in [-0.15, -0.1) is 27.0 Å². The van der Waals surface area contributed by atoms with Gasteiger partial charge in [0, 0.05) is 12.1 Å². The van der Waals surface area contributed by atoms with Gasteiger partial charge in [-0.05, 0) is 24.3 Å². The predicted octanol–water partition coefficient (Wildman–Crippen LogP) is 4.52. The van der Waals surface area contributed by atoms with E-state index in [2.05, 4.69) is 27.0 Å². The van der Waals surface area contributed by atoms with Crippen LogP contribution in [0, 0.1) is 5.82 Å². The van der Waals surface area contributed by atoms with Gasteiger partial charge >= 0.3 is 0 Å². The highest BCUT2D eigenvalue weighted by molar-refractivity contribution is 7.98. The predicted molar refractivity (Wildman–Crippen MR) is 110 cm³/mol. The third kappa shape index (κ3) is 4.57. The maximum atomic E-state index is 13.8. The number of halogens is 1. The molecule has 0 bridgehead atoms. The molecule has 0 aliphatic heterocycles. The zero-order valence-corrected chi connectivity index (χ0v) is 16.8. The summed E-state index contributed by atoms with van der Waals surface area (Å²) in [4.78, 5) is 0. The minimum atomic E-state index is -0.424. The lowest BCUT2D eigenvalue weighted by molar-refractivity contribution is 0.275. The molecule has 30 heavy (non-hydrogen) atoms. The zero-order chi connectivity index (χ0) is 20.8. The van der Waals surface area contributed by atoms with Crippen molar-refractivity contribution in [2.75, 3.05) is 0 Å². The molecule has 0 N–H and O–H groups in total. The van der Waals surface area contributed by atoms with E-state index in [0.717, 1.165) is 5.56 Å². The smallest absolute Gasteiger partial charge is 0.247 e. The normalized spacial score (nSPS) is 10.8. The molecule has 0 atom stereocenters. The molecule has 0 fully saturated rings. The number of thioether (sulfide) groups is 1. The van der Waals surface area contributed by atoms with E-state index in [1.54, 1.807) is 24.3 Å². The maximum Gasteiger partial charge on any atom is 0.247 e. The van der Waals surface area contributed by atoms with Crippen molar-refractivity contribution in [2.24, 2.45) is 0 Å². The first kappa shape index (κ1) is 19.8. The molecule has 4 aromatic rings. The Kier molecular flexibility index (Phi) is 6.19. The summed E-state index contributed by atoms with van der Waals surface area (Å²) in [6.45, 7) is 4.35. The van der Waals surface area contributed by atoms with Crippen LogP contribution in [0.25, 0.3) is 11.5 Å². The Hall–Kier alpha value is -3.46. The van der Waals surface area contributed by atoms with Gasteiger partial charge in [-0.25, -0.2) is 4.39 Å². The van der Waals surface area contributed by atoms with Crippen LogP contribution < -0.4 is 4.74 Å². The number of aromatic nitrogens is 5. The van der Waals surface area contributed by atoms with E-state index in [-0.39, 0.29) is 12.4 Å². The highest BCUT2D eigenvalue weighted by atomic mass is 32.2. The van der Waals surface area contributed by atoms with Gasteiger partial charge in [0.15, 0.2) is 22.5 Å². The van der Waals surface area contributed by atoms with Gasteiger partial charge < -0.3 is 9.15 Å². The van der Waals surface area contributed by atoms with E-state index >= 15 is 0 Å². The van der Waals surface area contributed by atoms with E-state index in [9.17, 15) is 4.39 Å². The first-order valence-corrected chi connectivity index (χ1v) is 10.1. The minimum absolute atomic E-state index is 0.0844. The van der Waals surface area contributed by atoms with Crippen LogP contribution >= 0.6 is 11.8 Å². The Balaban J connectivity index is 1.44. The maximum absolute atomic E-state index is 13.8. The molecular weight excluding hydrogens is 405 g/mol. The molecule has 0 saturated heterocycles. The Morgan fingerprint density at radius 3 is 2.63 bits per heavy atom. The largest absolute Gasteiger partial charge is 0.483 e. The lowest BCUT2D eigenvalue weighted by atomic mass is 10.2. The topological polar surface area (TPSA) is 78.9 Å². The minimum Gasteiger partial charge on any atom is -0.483 e. The first-order chi connectivity index (χ1) is 14.7. The van der Waals surface area contributed by atoms with Gasteiger partial charge in [0.1, 0.15) is 6.61 Å². The third-order valence-electron chi connectivity index (χ3n) is 4.11. The molecule has 0 unspecified atom stereocenters. The van der Waals surface area contributed by atoms with Gasteiger partial charge in [0.2, 0.25) is 11.8 Å². The molecular formula is C21H18FN5O2S. The Bertz CT molecular complexity index is 1130. The summed E-state index contributed by atoms with van der Waals surface area (Å²) in [6, 6.07) is 15.8. The van der Waals surface area contributed by atoms with Gasteiger partial charge in [0.25, 0.3) is 0 Å². The number of hydrogen-bond donors (Lipinski definition) is 0. The molecule has 152 valence electrons. The first-order valence-electron chi connectivity index (χ1n) is 9.15. The number of benzene rings is 2. The summed E-state index contributed by atoms with van der Waals surface area (Å²) in [5.41, 5.74) is 0.864. The second-order valence-corrected chi connectivity index (χ2v) is 7.12. The van der Waals surface area contributed by atoms with E-state index in [0.29, 0.717) is 35.1 Å². The average Bonchev–Trinajstić information content (AvgIpc) is 3.40. The Morgan fingerprint density at radius 1 is 1.03 bits per heavy atom. The van der Waals surface area contributed by atoms with Crippen LogP contribution in [0.4, 0.5) is 4.39 Å². The number of ether oxygens (including phenoxy) is 1. The summed E-state index contributed by atoms with van der Waals surface area (Å²) in [5.74, 6) is 1.69. The average molecular weight is 423 g/mol. The fourth-order valence-corrected chi connectivity index (χ4v) is 3.49. The number of allylic oxidation sites excluding steroid dienone is 1. The lowest BCUT2D eigenvalue weighted by Gasteiger charge is -2.09. The van der Waals surface area contributed by atoms with Crippen LogP contribution in [0.15, 0.2) is 76.8 Å². The van der Waals surface area contributed by atoms with Crippen molar-refractivity contribution in [3.05, 3.63) is 84.8 Å². The Morgan fingerprint density at radius 2 is 1.83 bits per heavy atom. The second kappa shape index (κ2) is 9.36. The highest BCUT2D eigenvalue weighted by Crippen LogP contribution is 2.25. The van der Waals surface area contributed by atoms with Crippen LogP contribution in [0.5, 0.6) is 5.75 Å². The van der Waals surface area contributed by atoms with Crippen molar-refractivity contribution in [1.29, 1.82) is 0 Å². The highest BCUT2D eigenvalue weighted by Gasteiger charge is 2.15. The zero-order valence-electron chi connectivity index (χ0n) is 15.9. The van der Waals surface area contributed by atoms with E-state index < -0.39 is 5.82 Å². The molecule has 0 aliphatic carbocycles. The van der Waals surface area contributed by atoms with Crippen molar-refractivity contribution in [3.63, 3.8) is 0 Å². The van der Waals surface area contributed by atoms with E-state index in [1.165, 1.54) is 17.8 Å². The standard InChI is InChI=1S/C21H18FN5O2S/c1-2-12-27-18(13-28-17-11-7-6-10-16(17)22)23-26-21(27)30-14-19-24-25-20(29-19)15-8-4-3-5-9-15/h2-11H,1,12-14H2. The van der Waals surface area contributed by atoms with Crippen LogP contribution in [-0.4, -0.2) is 25.0 Å². The number of para-hydroxylation sites is 1. The van der Waals surface area contributed by atoms with Crippen molar-refractivity contribution >= 4 is 11.8 Å². The van der Waals surface area contributed by atoms with Gasteiger partial charge in [-0.1, -0.05) is 48.2 Å². The SMILES string of the molecule is C=CCn1c(COc2ccccc2F)nnc1SCc1nnc(-c2ccccc2)o1. The second-order valence-electron chi connectivity index (χ2n) is 6.17. The van der Waals surface area contributed by atoms with Crippen molar-refractivity contribution in [1.82, 2.24) is 25.0 Å². The van der Waals surface area contributed by atoms with Crippen LogP contribution in [0.3, 0.4) is 0 Å². The Labute approximate surface area is 176 Å². The van der Waals surface area contributed by atoms with Gasteiger partial charge in [0.05, 0.1) is 5.75 Å². The molecule has 0 amide bonds. The lowest BCUT2D eigenvalue weighted by Crippen LogP contribution is -2.08. The number of hydrogen-bond acceptors (Lipinski definition) is 7. The summed E-state index contributed by atoms with van der Waals surface area (Å²) < 4.78 is 26.9. The molecule has 2 heterocycles. The van der Waals surface area contributed by atoms with Crippen molar-refractivity contribution in [2.45, 2.75) is 24.1 Å². The third-order valence-corrected chi connectivity index (χ3v) is 5.06. The number of rotatable bonds is 9. The molecule has 4 rings (SSSR count). The fraction of sp³-hybridized carbons (Fsp3) is 0.143. The van der Waals surface area contributed by atoms with Crippen LogP contribution in [0.2, 0.25) is 0 Å². The molecule has 9 heteroatoms. The van der Waals surface area contributed by atoms with Gasteiger partial charge in [-0.3, -0.25) is 4.57 Å². The fourth-order valence-electron chi connectivity index (χ4n) is 2.68. The van der Waals surface area contributed by atoms with Crippen molar-refractivity contribution in [3.8, 4) is 17.2 Å².